The van der Waals surface area contributed by atoms with Crippen molar-refractivity contribution in [3.05, 3.63) is 35.4 Å². The van der Waals surface area contributed by atoms with Crippen LogP contribution in [0.2, 0.25) is 0 Å². The lowest BCUT2D eigenvalue weighted by molar-refractivity contribution is -0.176. The van der Waals surface area contributed by atoms with Gasteiger partial charge in [-0.05, 0) is 11.1 Å². The maximum Gasteiger partial charge on any atom is 0.411 e. The highest BCUT2D eigenvalue weighted by Gasteiger charge is 2.27. The van der Waals surface area contributed by atoms with Crippen molar-refractivity contribution in [1.82, 2.24) is 5.32 Å². The number of nitrogens with one attached hydrogen (secondary N) is 1. The van der Waals surface area contributed by atoms with Crippen LogP contribution in [0.3, 0.4) is 0 Å². The molecule has 1 rings (SSSR count). The number of rotatable bonds is 5. The van der Waals surface area contributed by atoms with Gasteiger partial charge in [0.25, 0.3) is 0 Å². The Hall–Kier alpha value is -1.76. The number of hydrogen-bond donors (Lipinski definition) is 2. The summed E-state index contributed by atoms with van der Waals surface area (Å²) in [6.45, 7) is -0.793. The van der Waals surface area contributed by atoms with Crippen LogP contribution in [0.4, 0.5) is 13.2 Å². The number of guanidine groups is 1. The van der Waals surface area contributed by atoms with Gasteiger partial charge in [0.1, 0.15) is 6.61 Å². The Labute approximate surface area is 109 Å². The van der Waals surface area contributed by atoms with Crippen molar-refractivity contribution in [1.29, 1.82) is 0 Å². The monoisotopic (exact) mass is 275 g/mol. The Kier molecular flexibility index (Phi) is 5.62. The summed E-state index contributed by atoms with van der Waals surface area (Å²) in [5, 5.41) is 2.88. The Morgan fingerprint density at radius 3 is 2.37 bits per heavy atom. The van der Waals surface area contributed by atoms with Gasteiger partial charge in [0, 0.05) is 13.6 Å². The second-order valence-electron chi connectivity index (χ2n) is 3.89. The minimum Gasteiger partial charge on any atom is -0.370 e. The standard InChI is InChI=1S/C12H16F3N3O/c1-17-11(16)18-6-9-2-4-10(5-3-9)7-19-8-12(13,14)15/h2-5H,6-8H2,1H3,(H3,16,17,18). The molecule has 4 nitrogen and oxygen atoms in total. The van der Waals surface area contributed by atoms with E-state index in [-0.39, 0.29) is 6.61 Å². The van der Waals surface area contributed by atoms with Gasteiger partial charge in [-0.2, -0.15) is 13.2 Å². The maximum absolute atomic E-state index is 11.9. The summed E-state index contributed by atoms with van der Waals surface area (Å²) in [5.41, 5.74) is 7.10. The quantitative estimate of drug-likeness (QED) is 0.636. The van der Waals surface area contributed by atoms with E-state index in [2.05, 4.69) is 15.0 Å². The van der Waals surface area contributed by atoms with E-state index in [1.807, 2.05) is 0 Å². The Morgan fingerprint density at radius 1 is 1.26 bits per heavy atom. The summed E-state index contributed by atoms with van der Waals surface area (Å²) >= 11 is 0. The first-order valence-electron chi connectivity index (χ1n) is 5.59. The van der Waals surface area contributed by atoms with Crippen molar-refractivity contribution < 1.29 is 17.9 Å². The van der Waals surface area contributed by atoms with E-state index in [0.29, 0.717) is 18.1 Å². The third-order valence-electron chi connectivity index (χ3n) is 2.27. The molecule has 0 aromatic heterocycles. The predicted molar refractivity (Wildman–Crippen MR) is 66.5 cm³/mol. The first-order chi connectivity index (χ1) is 8.90. The Bertz CT molecular complexity index is 415. The fourth-order valence-electron chi connectivity index (χ4n) is 1.31. The summed E-state index contributed by atoms with van der Waals surface area (Å²) in [5.74, 6) is 0.331. The van der Waals surface area contributed by atoms with Crippen LogP contribution in [-0.4, -0.2) is 25.8 Å². The number of ether oxygens (including phenoxy) is 1. The zero-order valence-corrected chi connectivity index (χ0v) is 10.5. The molecule has 0 saturated carbocycles. The molecule has 0 aliphatic rings. The molecule has 0 amide bonds. The lowest BCUT2D eigenvalue weighted by atomic mass is 10.1. The van der Waals surface area contributed by atoms with Gasteiger partial charge in [-0.25, -0.2) is 0 Å². The SMILES string of the molecule is CN=C(N)NCc1ccc(COCC(F)(F)F)cc1. The number of aliphatic imine (C=N–C) groups is 1. The molecule has 106 valence electrons. The normalized spacial score (nSPS) is 12.5. The van der Waals surface area contributed by atoms with Crippen LogP contribution in [0, 0.1) is 0 Å². The molecule has 7 heteroatoms. The van der Waals surface area contributed by atoms with E-state index in [0.717, 1.165) is 5.56 Å². The average Bonchev–Trinajstić information content (AvgIpc) is 2.36. The van der Waals surface area contributed by atoms with Gasteiger partial charge >= 0.3 is 6.18 Å². The van der Waals surface area contributed by atoms with Crippen LogP contribution in [0.1, 0.15) is 11.1 Å². The van der Waals surface area contributed by atoms with Crippen LogP contribution in [-0.2, 0) is 17.9 Å². The van der Waals surface area contributed by atoms with Gasteiger partial charge in [-0.3, -0.25) is 4.99 Å². The van der Waals surface area contributed by atoms with Gasteiger partial charge in [-0.1, -0.05) is 24.3 Å². The smallest absolute Gasteiger partial charge is 0.370 e. The summed E-state index contributed by atoms with van der Waals surface area (Å²) in [4.78, 5) is 3.74. The second-order valence-corrected chi connectivity index (χ2v) is 3.89. The van der Waals surface area contributed by atoms with Crippen molar-refractivity contribution >= 4 is 5.96 Å². The van der Waals surface area contributed by atoms with E-state index >= 15 is 0 Å². The minimum absolute atomic E-state index is 0.0637. The zero-order valence-electron chi connectivity index (χ0n) is 10.5. The van der Waals surface area contributed by atoms with Gasteiger partial charge < -0.3 is 15.8 Å². The number of halogens is 3. The molecule has 0 aliphatic carbocycles. The van der Waals surface area contributed by atoms with Crippen molar-refractivity contribution in [3.63, 3.8) is 0 Å². The predicted octanol–water partition coefficient (Wildman–Crippen LogP) is 1.80. The molecule has 0 unspecified atom stereocenters. The highest BCUT2D eigenvalue weighted by molar-refractivity contribution is 5.77. The topological polar surface area (TPSA) is 59.6 Å². The molecule has 0 saturated heterocycles. The third-order valence-corrected chi connectivity index (χ3v) is 2.27. The molecule has 0 heterocycles. The summed E-state index contributed by atoms with van der Waals surface area (Å²) < 4.78 is 40.2. The van der Waals surface area contributed by atoms with E-state index in [1.54, 1.807) is 31.3 Å². The Morgan fingerprint density at radius 2 is 1.84 bits per heavy atom. The molecule has 3 N–H and O–H groups in total. The van der Waals surface area contributed by atoms with Crippen LogP contribution in [0.5, 0.6) is 0 Å². The molecule has 0 bridgehead atoms. The fourth-order valence-corrected chi connectivity index (χ4v) is 1.31. The highest BCUT2D eigenvalue weighted by atomic mass is 19.4. The molecular formula is C12H16F3N3O. The van der Waals surface area contributed by atoms with Crippen molar-refractivity contribution in [2.45, 2.75) is 19.3 Å². The second kappa shape index (κ2) is 6.98. The summed E-state index contributed by atoms with van der Waals surface area (Å²) in [7, 11) is 1.57. The van der Waals surface area contributed by atoms with Gasteiger partial charge in [0.05, 0.1) is 6.61 Å². The lowest BCUT2D eigenvalue weighted by Crippen LogP contribution is -2.30. The largest absolute Gasteiger partial charge is 0.411 e. The van der Waals surface area contributed by atoms with Crippen LogP contribution in [0.25, 0.3) is 0 Å². The third kappa shape index (κ3) is 6.66. The van der Waals surface area contributed by atoms with E-state index in [9.17, 15) is 13.2 Å². The van der Waals surface area contributed by atoms with Gasteiger partial charge in [-0.15, -0.1) is 0 Å². The van der Waals surface area contributed by atoms with E-state index < -0.39 is 12.8 Å². The maximum atomic E-state index is 11.9. The number of alkyl halides is 3. The van der Waals surface area contributed by atoms with Crippen molar-refractivity contribution in [2.24, 2.45) is 10.7 Å². The molecule has 0 atom stereocenters. The van der Waals surface area contributed by atoms with Crippen LogP contribution in [0.15, 0.2) is 29.3 Å². The van der Waals surface area contributed by atoms with Crippen LogP contribution >= 0.6 is 0 Å². The first kappa shape index (κ1) is 15.3. The van der Waals surface area contributed by atoms with Crippen LogP contribution < -0.4 is 11.1 Å². The van der Waals surface area contributed by atoms with Crippen molar-refractivity contribution in [3.8, 4) is 0 Å². The number of nitrogens with zero attached hydrogens (tertiary/aromatic N) is 1. The number of hydrogen-bond acceptors (Lipinski definition) is 2. The van der Waals surface area contributed by atoms with Crippen molar-refractivity contribution in [2.75, 3.05) is 13.7 Å². The molecule has 1 aromatic rings. The van der Waals surface area contributed by atoms with E-state index in [1.165, 1.54) is 0 Å². The van der Waals surface area contributed by atoms with Gasteiger partial charge in [0.15, 0.2) is 5.96 Å². The van der Waals surface area contributed by atoms with Gasteiger partial charge in [0.2, 0.25) is 0 Å². The average molecular weight is 275 g/mol. The first-order valence-corrected chi connectivity index (χ1v) is 5.59. The molecule has 0 aliphatic heterocycles. The molecule has 1 aromatic carbocycles. The highest BCUT2D eigenvalue weighted by Crippen LogP contribution is 2.15. The Balaban J connectivity index is 2.39. The molecule has 0 radical (unpaired) electrons. The summed E-state index contributed by atoms with van der Waals surface area (Å²) in [6, 6.07) is 7.02. The minimum atomic E-state index is -4.29. The molecule has 0 fully saturated rings. The molecular weight excluding hydrogens is 259 g/mol. The van der Waals surface area contributed by atoms with E-state index in [4.69, 9.17) is 5.73 Å². The molecule has 0 spiro atoms. The zero-order chi connectivity index (χ0) is 14.3. The molecule has 19 heavy (non-hydrogen) atoms. The summed E-state index contributed by atoms with van der Waals surface area (Å²) in [6.07, 6.45) is -4.29. The lowest BCUT2D eigenvalue weighted by Gasteiger charge is -2.08. The number of nitrogens with two attached hydrogens (primary N) is 1. The number of benzene rings is 1. The fraction of sp³-hybridized carbons (Fsp3) is 0.417.